The van der Waals surface area contributed by atoms with Gasteiger partial charge >= 0.3 is 0 Å². The summed E-state index contributed by atoms with van der Waals surface area (Å²) in [4.78, 5) is 17.8. The van der Waals surface area contributed by atoms with Crippen molar-refractivity contribution in [1.82, 2.24) is 14.4 Å². The molecule has 5 rings (SSSR count). The average molecular weight is 452 g/mol. The third-order valence-corrected chi connectivity index (χ3v) is 7.62. The normalized spacial score (nSPS) is 20.3. The molecule has 2 aliphatic heterocycles. The number of likely N-dealkylation sites (tertiary alicyclic amines) is 1. The van der Waals surface area contributed by atoms with Gasteiger partial charge in [0.25, 0.3) is 5.91 Å². The molecule has 2 aliphatic rings. The minimum Gasteiger partial charge on any atom is -0.497 e. The van der Waals surface area contributed by atoms with Gasteiger partial charge in [0.15, 0.2) is 0 Å². The second-order valence-electron chi connectivity index (χ2n) is 9.42. The number of hydrogen-bond donors (Lipinski definition) is 1. The van der Waals surface area contributed by atoms with Crippen LogP contribution in [-0.4, -0.2) is 65.8 Å². The Hall–Kier alpha value is -2.90. The van der Waals surface area contributed by atoms with Crippen LogP contribution in [-0.2, 0) is 12.5 Å². The van der Waals surface area contributed by atoms with Crippen molar-refractivity contribution in [3.05, 3.63) is 65.1 Å². The highest BCUT2D eigenvalue weighted by molar-refractivity contribution is 5.96. The molecule has 1 N–H and O–H groups in total. The standard InChI is InChI=1S/C26H30FN3O3/c1-28-12-10-26(11-13-28)16-30(25(32)17-4-6-18(27)7-5-17)22(15-31)24-23(26)20-9-8-19(33-3)14-21(20)29(24)2/h4-9,14,22,31H,10-13,15-16H2,1-3H3/t22-/m0/s1. The lowest BCUT2D eigenvalue weighted by Gasteiger charge is -2.50. The number of halogens is 1. The largest absolute Gasteiger partial charge is 0.497 e. The fourth-order valence-corrected chi connectivity index (χ4v) is 5.78. The lowest BCUT2D eigenvalue weighted by Crippen LogP contribution is -2.55. The Balaban J connectivity index is 1.71. The Labute approximate surface area is 193 Å². The number of aryl methyl sites for hydroxylation is 1. The Bertz CT molecular complexity index is 1200. The lowest BCUT2D eigenvalue weighted by atomic mass is 9.68. The molecular weight excluding hydrogens is 421 g/mol. The number of methoxy groups -OCH3 is 1. The minimum atomic E-state index is -0.480. The Morgan fingerprint density at radius 2 is 1.85 bits per heavy atom. The second kappa shape index (κ2) is 8.15. The summed E-state index contributed by atoms with van der Waals surface area (Å²) in [6.45, 7) is 2.22. The summed E-state index contributed by atoms with van der Waals surface area (Å²) in [5, 5.41) is 11.7. The van der Waals surface area contributed by atoms with Gasteiger partial charge in [0, 0.05) is 41.7 Å². The van der Waals surface area contributed by atoms with Gasteiger partial charge in [0.1, 0.15) is 11.6 Å². The van der Waals surface area contributed by atoms with Crippen molar-refractivity contribution < 1.29 is 19.0 Å². The molecule has 0 unspecified atom stereocenters. The van der Waals surface area contributed by atoms with E-state index in [4.69, 9.17) is 4.74 Å². The summed E-state index contributed by atoms with van der Waals surface area (Å²) in [6, 6.07) is 11.3. The molecule has 0 radical (unpaired) electrons. The van der Waals surface area contributed by atoms with E-state index in [1.165, 1.54) is 29.8 Å². The predicted molar refractivity (Wildman–Crippen MR) is 125 cm³/mol. The average Bonchev–Trinajstić information content (AvgIpc) is 3.13. The number of hydrogen-bond acceptors (Lipinski definition) is 4. The topological polar surface area (TPSA) is 57.9 Å². The van der Waals surface area contributed by atoms with Crippen LogP contribution in [0.1, 0.15) is 40.5 Å². The molecule has 3 heterocycles. The number of amides is 1. The van der Waals surface area contributed by atoms with E-state index in [1.54, 1.807) is 12.0 Å². The number of rotatable bonds is 3. The van der Waals surface area contributed by atoms with E-state index in [-0.39, 0.29) is 23.7 Å². The molecule has 1 atom stereocenters. The van der Waals surface area contributed by atoms with Gasteiger partial charge in [0.05, 0.1) is 25.3 Å². The molecule has 1 fully saturated rings. The van der Waals surface area contributed by atoms with Crippen molar-refractivity contribution in [2.45, 2.75) is 24.3 Å². The zero-order chi connectivity index (χ0) is 23.3. The first-order valence-corrected chi connectivity index (χ1v) is 11.4. The van der Waals surface area contributed by atoms with Crippen LogP contribution < -0.4 is 4.74 Å². The van der Waals surface area contributed by atoms with Crippen molar-refractivity contribution in [2.75, 3.05) is 40.4 Å². The Kier molecular flexibility index (Phi) is 5.41. The molecule has 174 valence electrons. The first-order valence-electron chi connectivity index (χ1n) is 11.4. The third-order valence-electron chi connectivity index (χ3n) is 7.62. The molecule has 1 aromatic heterocycles. The zero-order valence-electron chi connectivity index (χ0n) is 19.3. The van der Waals surface area contributed by atoms with Gasteiger partial charge in [-0.1, -0.05) is 0 Å². The van der Waals surface area contributed by atoms with Crippen LogP contribution >= 0.6 is 0 Å². The van der Waals surface area contributed by atoms with Gasteiger partial charge in [0.2, 0.25) is 0 Å². The van der Waals surface area contributed by atoms with Crippen LogP contribution in [0.15, 0.2) is 42.5 Å². The van der Waals surface area contributed by atoms with E-state index in [0.717, 1.165) is 48.3 Å². The van der Waals surface area contributed by atoms with Gasteiger partial charge < -0.3 is 24.2 Å². The predicted octanol–water partition coefficient (Wildman–Crippen LogP) is 3.48. The van der Waals surface area contributed by atoms with Crippen molar-refractivity contribution in [3.63, 3.8) is 0 Å². The van der Waals surface area contributed by atoms with Crippen molar-refractivity contribution in [3.8, 4) is 5.75 Å². The van der Waals surface area contributed by atoms with Gasteiger partial charge in [-0.05, 0) is 74.9 Å². The highest BCUT2D eigenvalue weighted by atomic mass is 19.1. The lowest BCUT2D eigenvalue weighted by molar-refractivity contribution is 0.0353. The number of benzene rings is 2. The monoisotopic (exact) mass is 451 g/mol. The zero-order valence-corrected chi connectivity index (χ0v) is 19.3. The van der Waals surface area contributed by atoms with E-state index in [0.29, 0.717) is 12.1 Å². The summed E-state index contributed by atoms with van der Waals surface area (Å²) < 4.78 is 21.1. The Morgan fingerprint density at radius 3 is 2.48 bits per heavy atom. The summed E-state index contributed by atoms with van der Waals surface area (Å²) in [6.07, 6.45) is 1.85. The summed E-state index contributed by atoms with van der Waals surface area (Å²) in [5.74, 6) is 0.221. The van der Waals surface area contributed by atoms with Crippen molar-refractivity contribution in [1.29, 1.82) is 0 Å². The van der Waals surface area contributed by atoms with Gasteiger partial charge in [-0.3, -0.25) is 4.79 Å². The maximum Gasteiger partial charge on any atom is 0.254 e. The molecule has 33 heavy (non-hydrogen) atoms. The van der Waals surface area contributed by atoms with E-state index in [9.17, 15) is 14.3 Å². The van der Waals surface area contributed by atoms with Gasteiger partial charge in [-0.25, -0.2) is 4.39 Å². The minimum absolute atomic E-state index is 0.180. The molecule has 7 heteroatoms. The van der Waals surface area contributed by atoms with Gasteiger partial charge in [-0.2, -0.15) is 0 Å². The van der Waals surface area contributed by atoms with Crippen LogP contribution in [0.25, 0.3) is 10.9 Å². The number of aromatic nitrogens is 1. The number of aliphatic hydroxyl groups excluding tert-OH is 1. The summed E-state index contributed by atoms with van der Waals surface area (Å²) in [7, 11) is 5.78. The van der Waals surface area contributed by atoms with E-state index < -0.39 is 6.04 Å². The third kappa shape index (κ3) is 3.42. The molecule has 0 bridgehead atoms. The molecule has 1 spiro atoms. The van der Waals surface area contributed by atoms with Crippen molar-refractivity contribution in [2.24, 2.45) is 7.05 Å². The fraction of sp³-hybridized carbons (Fsp3) is 0.423. The number of aliphatic hydroxyl groups is 1. The summed E-state index contributed by atoms with van der Waals surface area (Å²) >= 11 is 0. The van der Waals surface area contributed by atoms with E-state index in [1.807, 2.05) is 19.2 Å². The number of carbonyl (C=O) groups is 1. The first kappa shape index (κ1) is 21.9. The number of fused-ring (bicyclic) bond motifs is 4. The van der Waals surface area contributed by atoms with Crippen LogP contribution in [0.3, 0.4) is 0 Å². The first-order chi connectivity index (χ1) is 15.9. The SMILES string of the molecule is COc1ccc2c3c(n(C)c2c1)[C@H](CO)N(C(=O)c1ccc(F)cc1)CC31CCN(C)CC1. The maximum absolute atomic E-state index is 13.7. The van der Waals surface area contributed by atoms with Crippen LogP contribution in [0.2, 0.25) is 0 Å². The molecule has 6 nitrogen and oxygen atoms in total. The number of nitrogens with zero attached hydrogens (tertiary/aromatic N) is 3. The quantitative estimate of drug-likeness (QED) is 0.663. The molecule has 3 aromatic rings. The molecule has 0 saturated carbocycles. The maximum atomic E-state index is 13.7. The molecular formula is C26H30FN3O3. The van der Waals surface area contributed by atoms with Crippen LogP contribution in [0.5, 0.6) is 5.75 Å². The van der Waals surface area contributed by atoms with Crippen LogP contribution in [0, 0.1) is 5.82 Å². The highest BCUT2D eigenvalue weighted by Gasteiger charge is 2.49. The number of carbonyl (C=O) groups excluding carboxylic acids is 1. The number of ether oxygens (including phenoxy) is 1. The van der Waals surface area contributed by atoms with Crippen LogP contribution in [0.4, 0.5) is 4.39 Å². The molecule has 1 saturated heterocycles. The number of piperidine rings is 1. The van der Waals surface area contributed by atoms with E-state index >= 15 is 0 Å². The van der Waals surface area contributed by atoms with Crippen molar-refractivity contribution >= 4 is 16.8 Å². The summed E-state index contributed by atoms with van der Waals surface area (Å²) in [5.41, 5.74) is 3.48. The molecule has 0 aliphatic carbocycles. The smallest absolute Gasteiger partial charge is 0.254 e. The van der Waals surface area contributed by atoms with E-state index in [2.05, 4.69) is 22.6 Å². The highest BCUT2D eigenvalue weighted by Crippen LogP contribution is 2.50. The Morgan fingerprint density at radius 1 is 1.15 bits per heavy atom. The fourth-order valence-electron chi connectivity index (χ4n) is 5.78. The van der Waals surface area contributed by atoms with Gasteiger partial charge in [-0.15, -0.1) is 0 Å². The molecule has 2 aromatic carbocycles. The molecule has 1 amide bonds. The second-order valence-corrected chi connectivity index (χ2v) is 9.42.